The summed E-state index contributed by atoms with van der Waals surface area (Å²) in [6, 6.07) is 2.92. The number of amides is 9. The highest BCUT2D eigenvalue weighted by Gasteiger charge is 2.34. The Labute approximate surface area is 474 Å². The molecule has 9 amide bonds. The summed E-state index contributed by atoms with van der Waals surface area (Å²) < 4.78 is 5.89. The van der Waals surface area contributed by atoms with Gasteiger partial charge in [-0.25, -0.2) is 9.78 Å². The first-order valence-electron chi connectivity index (χ1n) is 26.2. The molecular weight excluding hydrogens is 1080 g/mol. The molecule has 29 heteroatoms. The van der Waals surface area contributed by atoms with Crippen LogP contribution in [0.4, 0.5) is 0 Å². The number of aromatic carboxylic acids is 1. The summed E-state index contributed by atoms with van der Waals surface area (Å²) in [5, 5.41) is 51.2. The van der Waals surface area contributed by atoms with Gasteiger partial charge in [-0.15, -0.1) is 0 Å². The number of carboxylic acids is 1. The number of imidazole rings is 1. The van der Waals surface area contributed by atoms with Crippen molar-refractivity contribution in [2.24, 2.45) is 22.2 Å². The third-order valence-corrected chi connectivity index (χ3v) is 12.9. The number of fused-ring (bicyclic) bond motifs is 2. The number of aromatic amines is 1. The molecule has 5 rings (SSSR count). The molecule has 0 saturated carbocycles. The van der Waals surface area contributed by atoms with E-state index >= 15 is 0 Å². The summed E-state index contributed by atoms with van der Waals surface area (Å²) >= 11 is 0. The Morgan fingerprint density at radius 1 is 0.687 bits per heavy atom. The number of unbranched alkanes of at least 4 members (excludes halogenated alkanes) is 1. The van der Waals surface area contributed by atoms with Gasteiger partial charge in [0, 0.05) is 72.5 Å². The van der Waals surface area contributed by atoms with Gasteiger partial charge < -0.3 is 84.5 Å². The molecule has 18 N–H and O–H groups in total. The Bertz CT molecular complexity index is 3270. The molecule has 3 aromatic rings. The Morgan fingerprint density at radius 2 is 1.31 bits per heavy atom. The zero-order valence-electron chi connectivity index (χ0n) is 46.0. The molecule has 444 valence electrons. The van der Waals surface area contributed by atoms with Crippen molar-refractivity contribution in [3.8, 4) is 28.2 Å². The van der Waals surface area contributed by atoms with Gasteiger partial charge in [0.15, 0.2) is 11.4 Å². The molecule has 1 aromatic heterocycles. The van der Waals surface area contributed by atoms with E-state index in [2.05, 4.69) is 57.5 Å². The van der Waals surface area contributed by atoms with Gasteiger partial charge in [0.1, 0.15) is 59.4 Å². The third kappa shape index (κ3) is 18.3. The number of primary amides is 1. The van der Waals surface area contributed by atoms with Crippen molar-refractivity contribution in [3.63, 3.8) is 0 Å². The molecule has 1 aliphatic heterocycles. The summed E-state index contributed by atoms with van der Waals surface area (Å²) in [6.07, 6.45) is 1.93. The maximum absolute atomic E-state index is 13.6. The van der Waals surface area contributed by atoms with Crippen LogP contribution < -0.4 is 65.2 Å². The summed E-state index contributed by atoms with van der Waals surface area (Å²) in [5.41, 5.74) is 17.2. The van der Waals surface area contributed by atoms with Crippen LogP contribution >= 0.6 is 0 Å². The number of aliphatic hydroxyl groups excluding tert-OH is 1. The maximum atomic E-state index is 13.6. The van der Waals surface area contributed by atoms with E-state index in [1.807, 2.05) is 0 Å². The molecule has 2 heterocycles. The lowest BCUT2D eigenvalue weighted by Gasteiger charge is -2.27. The van der Waals surface area contributed by atoms with Gasteiger partial charge in [-0.1, -0.05) is 0 Å². The van der Waals surface area contributed by atoms with Gasteiger partial charge in [-0.2, -0.15) is 0 Å². The number of aromatic nitrogens is 2. The number of rotatable bonds is 29. The van der Waals surface area contributed by atoms with Crippen LogP contribution in [-0.4, -0.2) is 152 Å². The number of nitrogens with two attached hydrogens (primary N) is 3. The predicted octanol–water partition coefficient (Wildman–Crippen LogP) is -1.77. The number of aliphatic hydroxyl groups is 1. The van der Waals surface area contributed by atoms with Crippen LogP contribution in [0.3, 0.4) is 0 Å². The van der Waals surface area contributed by atoms with E-state index in [-0.39, 0.29) is 90.4 Å². The van der Waals surface area contributed by atoms with E-state index in [1.165, 1.54) is 102 Å². The number of carboxylic acid groups (broad SMARTS) is 1. The molecule has 0 radical (unpaired) electrons. The summed E-state index contributed by atoms with van der Waals surface area (Å²) in [6.45, 7) is 6.48. The summed E-state index contributed by atoms with van der Waals surface area (Å²) in [5.74, 6) is -8.73. The SMILES string of the molecule is CC(=O)N[C@H](CCCCNC(=O)c1ccc(C(=O)O)c(-c2c3ccc(=O)cc-3oc3cc(O)ccc23)c1)C(=O)N[C@H](C)C(=O)N[C@H](C)C(=O)N[C@H](C)C(=O)N[C@@H](C(=O)N[C@H](Cc1cnc[nH]1)C(=O)N[C@H](CCCN=C(N)N)C(N)=O)[C@H](C)O. The van der Waals surface area contributed by atoms with E-state index in [0.717, 1.165) is 0 Å². The lowest BCUT2D eigenvalue weighted by molar-refractivity contribution is -0.136. The molecule has 1 aliphatic carbocycles. The average Bonchev–Trinajstić information content (AvgIpc) is 4.10. The number of hydrogen-bond acceptors (Lipinski definition) is 16. The fourth-order valence-electron chi connectivity index (χ4n) is 8.54. The Hall–Kier alpha value is -9.93. The topological polar surface area (TPSA) is 477 Å². The van der Waals surface area contributed by atoms with E-state index in [4.69, 9.17) is 21.6 Å². The van der Waals surface area contributed by atoms with Crippen molar-refractivity contribution in [1.82, 2.24) is 52.5 Å². The quantitative estimate of drug-likeness (QED) is 0.0109. The highest BCUT2D eigenvalue weighted by atomic mass is 16.4. The largest absolute Gasteiger partial charge is 0.508 e. The molecule has 2 aliphatic rings. The number of aliphatic imine (C=N–C) groups is 1. The van der Waals surface area contributed by atoms with E-state index in [0.29, 0.717) is 28.6 Å². The number of phenols is 1. The van der Waals surface area contributed by atoms with Gasteiger partial charge in [-0.05, 0) is 108 Å². The minimum absolute atomic E-state index is 0.0444. The molecule has 0 unspecified atom stereocenters. The molecule has 8 atom stereocenters. The molecule has 0 bridgehead atoms. The lowest BCUT2D eigenvalue weighted by Crippen LogP contribution is -2.61. The number of carbonyl (C=O) groups excluding carboxylic acids is 9. The minimum atomic E-state index is -1.68. The number of nitrogens with zero attached hydrogens (tertiary/aromatic N) is 2. The van der Waals surface area contributed by atoms with E-state index in [9.17, 15) is 68.1 Å². The highest BCUT2D eigenvalue weighted by molar-refractivity contribution is 6.09. The summed E-state index contributed by atoms with van der Waals surface area (Å²) in [4.78, 5) is 153. The minimum Gasteiger partial charge on any atom is -0.508 e. The van der Waals surface area contributed by atoms with Crippen molar-refractivity contribution in [1.29, 1.82) is 0 Å². The van der Waals surface area contributed by atoms with Gasteiger partial charge >= 0.3 is 5.97 Å². The van der Waals surface area contributed by atoms with Gasteiger partial charge in [0.25, 0.3) is 5.91 Å². The second kappa shape index (κ2) is 29.5. The van der Waals surface area contributed by atoms with Crippen molar-refractivity contribution in [2.45, 2.75) is 122 Å². The molecule has 2 aromatic carbocycles. The fourth-order valence-corrected chi connectivity index (χ4v) is 8.54. The first-order chi connectivity index (χ1) is 39.2. The first kappa shape index (κ1) is 63.9. The van der Waals surface area contributed by atoms with Crippen molar-refractivity contribution in [2.75, 3.05) is 13.1 Å². The molecule has 29 nitrogen and oxygen atoms in total. The Balaban J connectivity index is 1.12. The van der Waals surface area contributed by atoms with Crippen LogP contribution in [0.15, 0.2) is 81.3 Å². The zero-order valence-corrected chi connectivity index (χ0v) is 46.0. The number of aromatic hydroxyl groups is 1. The maximum Gasteiger partial charge on any atom is 0.336 e. The number of phenolic OH excluding ortho intramolecular Hbond substituents is 1. The standard InChI is InChI=1S/C54H68N14O15/c1-25(46(74)63-27(3)48(76)68-44(28(4)69)52(80)67-40(20-31-23-58-24-61-31)51(79)66-38(45(55)73)10-8-18-60-54(56)57)62-47(75)26(2)64-50(78)39(65-29(5)70)9-6-7-17-59-49(77)30-11-14-34(53(81)82)37(19-30)43-35-15-12-32(71)21-41(35)83-42-22-33(72)13-16-36(42)43/h11-16,19,21-28,38-40,44,69,71H,6-10,17-18,20H2,1-5H3,(H2,55,73)(H,58,61)(H,59,77)(H,62,75)(H,63,74)(H,64,78)(H,65,70)(H,66,79)(H,67,80)(H,68,76)(H,81,82)(H4,56,57,60)/t25-,26-,27-,28+,38-,39-,40-,44-/m1/s1. The van der Waals surface area contributed by atoms with Gasteiger partial charge in [-0.3, -0.25) is 52.9 Å². The van der Waals surface area contributed by atoms with Crippen LogP contribution in [0.5, 0.6) is 5.75 Å². The van der Waals surface area contributed by atoms with Crippen molar-refractivity contribution < 1.29 is 67.7 Å². The second-order valence-corrected chi connectivity index (χ2v) is 19.6. The van der Waals surface area contributed by atoms with Crippen molar-refractivity contribution >= 4 is 76.1 Å². The van der Waals surface area contributed by atoms with Crippen molar-refractivity contribution in [3.05, 3.63) is 94.2 Å². The lowest BCUT2D eigenvalue weighted by atomic mass is 9.89. The number of benzene rings is 3. The molecule has 0 spiro atoms. The fraction of sp³-hybridized carbons (Fsp3) is 0.389. The van der Waals surface area contributed by atoms with Gasteiger partial charge in [0.2, 0.25) is 47.3 Å². The number of guanidine groups is 1. The first-order valence-corrected chi connectivity index (χ1v) is 26.2. The third-order valence-electron chi connectivity index (χ3n) is 12.9. The Morgan fingerprint density at radius 3 is 1.92 bits per heavy atom. The smallest absolute Gasteiger partial charge is 0.336 e. The monoisotopic (exact) mass is 1150 g/mol. The number of hydrogen-bond donors (Lipinski definition) is 15. The summed E-state index contributed by atoms with van der Waals surface area (Å²) in [7, 11) is 0. The predicted molar refractivity (Wildman–Crippen MR) is 299 cm³/mol. The number of nitrogens with one attached hydrogen (secondary N) is 9. The molecular formula is C54H68N14O15. The number of H-pyrrole nitrogens is 1. The highest BCUT2D eigenvalue weighted by Crippen LogP contribution is 2.42. The molecule has 0 saturated heterocycles. The van der Waals surface area contributed by atoms with E-state index < -0.39 is 108 Å². The van der Waals surface area contributed by atoms with Crippen LogP contribution in [0.25, 0.3) is 33.4 Å². The molecule has 0 fully saturated rings. The van der Waals surface area contributed by atoms with Crippen LogP contribution in [0.1, 0.15) is 93.1 Å². The number of carbonyl (C=O) groups is 10. The van der Waals surface area contributed by atoms with Crippen LogP contribution in [0, 0.1) is 0 Å². The van der Waals surface area contributed by atoms with Crippen LogP contribution in [-0.2, 0) is 44.8 Å². The normalized spacial score (nSPS) is 14.0. The zero-order chi connectivity index (χ0) is 61.2. The van der Waals surface area contributed by atoms with Gasteiger partial charge in [0.05, 0.1) is 18.0 Å². The average molecular weight is 1150 g/mol. The van der Waals surface area contributed by atoms with Crippen LogP contribution in [0.2, 0.25) is 0 Å². The second-order valence-electron chi connectivity index (χ2n) is 19.6. The Kier molecular flexibility index (Phi) is 22.7. The van der Waals surface area contributed by atoms with E-state index in [1.54, 1.807) is 0 Å². The molecule has 83 heavy (non-hydrogen) atoms.